The second-order valence-electron chi connectivity index (χ2n) is 10.3. The summed E-state index contributed by atoms with van der Waals surface area (Å²) < 4.78 is 18.1. The molecule has 1 saturated heterocycles. The highest BCUT2D eigenvalue weighted by molar-refractivity contribution is 5.64. The number of hydrogen-bond donors (Lipinski definition) is 0. The van der Waals surface area contributed by atoms with Crippen molar-refractivity contribution in [2.45, 2.75) is 96.7 Å². The first-order chi connectivity index (χ1) is 17.8. The average molecular weight is 493 g/mol. The molecule has 1 fully saturated rings. The summed E-state index contributed by atoms with van der Waals surface area (Å²) in [6.45, 7) is 8.44. The first-order valence-corrected chi connectivity index (χ1v) is 14.5. The van der Waals surface area contributed by atoms with Crippen LogP contribution in [0.4, 0.5) is 0 Å². The molecule has 1 heterocycles. The van der Waals surface area contributed by atoms with E-state index in [1.165, 1.54) is 81.8 Å². The summed E-state index contributed by atoms with van der Waals surface area (Å²) in [5.74, 6) is 1.48. The molecule has 3 rings (SSSR count). The van der Waals surface area contributed by atoms with Crippen molar-refractivity contribution in [3.05, 3.63) is 66.7 Å². The van der Waals surface area contributed by atoms with Crippen LogP contribution in [0.15, 0.2) is 61.2 Å². The highest BCUT2D eigenvalue weighted by Crippen LogP contribution is 2.30. The zero-order chi connectivity index (χ0) is 25.3. The molecule has 36 heavy (non-hydrogen) atoms. The minimum Gasteiger partial charge on any atom is -0.494 e. The van der Waals surface area contributed by atoms with Gasteiger partial charge in [-0.2, -0.15) is 0 Å². The predicted molar refractivity (Wildman–Crippen MR) is 151 cm³/mol. The maximum absolute atomic E-state index is 6.07. The molecule has 0 spiro atoms. The van der Waals surface area contributed by atoms with Crippen molar-refractivity contribution < 1.29 is 14.2 Å². The van der Waals surface area contributed by atoms with Gasteiger partial charge in [-0.25, -0.2) is 0 Å². The van der Waals surface area contributed by atoms with Crippen LogP contribution in [0.2, 0.25) is 0 Å². The Kier molecular flexibility index (Phi) is 13.7. The summed E-state index contributed by atoms with van der Waals surface area (Å²) >= 11 is 0. The van der Waals surface area contributed by atoms with Crippen LogP contribution in [0.25, 0.3) is 11.1 Å². The van der Waals surface area contributed by atoms with Gasteiger partial charge in [0, 0.05) is 11.5 Å². The first-order valence-electron chi connectivity index (χ1n) is 14.5. The lowest BCUT2D eigenvalue weighted by Gasteiger charge is -2.29. The third-order valence-corrected chi connectivity index (χ3v) is 7.12. The molecule has 2 aromatic rings. The molecular formula is C33H48O3. The second kappa shape index (κ2) is 17.4. The molecule has 1 aliphatic rings. The summed E-state index contributed by atoms with van der Waals surface area (Å²) in [7, 11) is 0. The van der Waals surface area contributed by atoms with Gasteiger partial charge in [0.1, 0.15) is 5.75 Å². The van der Waals surface area contributed by atoms with Crippen molar-refractivity contribution in [3.8, 4) is 16.9 Å². The van der Waals surface area contributed by atoms with Crippen LogP contribution in [0, 0.1) is 5.92 Å². The minimum atomic E-state index is -0.244. The molecule has 0 saturated carbocycles. The Bertz CT molecular complexity index is 819. The van der Waals surface area contributed by atoms with Crippen LogP contribution in [0.3, 0.4) is 0 Å². The van der Waals surface area contributed by atoms with Crippen LogP contribution >= 0.6 is 0 Å². The number of benzene rings is 2. The van der Waals surface area contributed by atoms with E-state index in [0.29, 0.717) is 5.92 Å². The predicted octanol–water partition coefficient (Wildman–Crippen LogP) is 9.67. The standard InChI is InChI=1S/C33H48O3/c1-3-5-7-9-11-12-14-16-28-26-35-33(36-27-28)31-19-17-29(18-20-31)30-21-23-32(24-22-30)34-25-15-13-10-8-6-4-2/h3,17-24,28,33H,1,4-16,25-27H2,2H3/t28-,33-. The van der Waals surface area contributed by atoms with E-state index >= 15 is 0 Å². The quantitative estimate of drug-likeness (QED) is 0.153. The zero-order valence-corrected chi connectivity index (χ0v) is 22.6. The van der Waals surface area contributed by atoms with E-state index < -0.39 is 0 Å². The number of rotatable bonds is 18. The zero-order valence-electron chi connectivity index (χ0n) is 22.6. The van der Waals surface area contributed by atoms with Gasteiger partial charge in [0.05, 0.1) is 19.8 Å². The van der Waals surface area contributed by atoms with Gasteiger partial charge in [-0.3, -0.25) is 0 Å². The molecule has 1 aliphatic heterocycles. The third-order valence-electron chi connectivity index (χ3n) is 7.12. The largest absolute Gasteiger partial charge is 0.494 e. The molecule has 0 N–H and O–H groups in total. The smallest absolute Gasteiger partial charge is 0.183 e. The summed E-state index contributed by atoms with van der Waals surface area (Å²) in [4.78, 5) is 0. The molecule has 3 nitrogen and oxygen atoms in total. The van der Waals surface area contributed by atoms with Crippen molar-refractivity contribution in [2.75, 3.05) is 19.8 Å². The maximum atomic E-state index is 6.07. The molecule has 0 amide bonds. The minimum absolute atomic E-state index is 0.244. The van der Waals surface area contributed by atoms with E-state index in [-0.39, 0.29) is 6.29 Å². The normalized spacial score (nSPS) is 17.7. The van der Waals surface area contributed by atoms with E-state index in [0.717, 1.165) is 44.0 Å². The van der Waals surface area contributed by atoms with Gasteiger partial charge in [-0.1, -0.05) is 107 Å². The molecule has 0 atom stereocenters. The number of ether oxygens (including phenoxy) is 3. The van der Waals surface area contributed by atoms with Gasteiger partial charge < -0.3 is 14.2 Å². The van der Waals surface area contributed by atoms with Gasteiger partial charge in [0.25, 0.3) is 0 Å². The third kappa shape index (κ3) is 10.5. The van der Waals surface area contributed by atoms with Crippen LogP contribution < -0.4 is 4.74 Å². The van der Waals surface area contributed by atoms with Crippen molar-refractivity contribution in [1.82, 2.24) is 0 Å². The van der Waals surface area contributed by atoms with Crippen LogP contribution in [0.5, 0.6) is 5.75 Å². The Morgan fingerprint density at radius 1 is 0.750 bits per heavy atom. The average Bonchev–Trinajstić information content (AvgIpc) is 2.93. The lowest BCUT2D eigenvalue weighted by Crippen LogP contribution is -2.27. The Balaban J connectivity index is 1.33. The van der Waals surface area contributed by atoms with Gasteiger partial charge in [0.15, 0.2) is 6.29 Å². The monoisotopic (exact) mass is 492 g/mol. The fourth-order valence-corrected chi connectivity index (χ4v) is 4.80. The summed E-state index contributed by atoms with van der Waals surface area (Å²) in [6, 6.07) is 17.0. The van der Waals surface area contributed by atoms with Crippen LogP contribution in [-0.4, -0.2) is 19.8 Å². The topological polar surface area (TPSA) is 27.7 Å². The van der Waals surface area contributed by atoms with Crippen LogP contribution in [-0.2, 0) is 9.47 Å². The second-order valence-corrected chi connectivity index (χ2v) is 10.3. The first kappa shape index (κ1) is 28.5. The number of unbranched alkanes of at least 4 members (excludes halogenated alkanes) is 10. The summed E-state index contributed by atoms with van der Waals surface area (Å²) in [6.07, 6.45) is 18.3. The van der Waals surface area contributed by atoms with E-state index in [9.17, 15) is 0 Å². The molecule has 0 aromatic heterocycles. The van der Waals surface area contributed by atoms with E-state index in [2.05, 4.69) is 62.0 Å². The van der Waals surface area contributed by atoms with E-state index in [4.69, 9.17) is 14.2 Å². The lowest BCUT2D eigenvalue weighted by molar-refractivity contribution is -0.206. The van der Waals surface area contributed by atoms with Gasteiger partial charge in [-0.15, -0.1) is 6.58 Å². The summed E-state index contributed by atoms with van der Waals surface area (Å²) in [5, 5.41) is 0. The fraction of sp³-hybridized carbons (Fsp3) is 0.576. The lowest BCUT2D eigenvalue weighted by atomic mass is 10.0. The van der Waals surface area contributed by atoms with Crippen LogP contribution in [0.1, 0.15) is 102 Å². The Hall–Kier alpha value is -2.10. The molecule has 0 aliphatic carbocycles. The van der Waals surface area contributed by atoms with Crippen molar-refractivity contribution in [3.63, 3.8) is 0 Å². The van der Waals surface area contributed by atoms with Crippen molar-refractivity contribution in [1.29, 1.82) is 0 Å². The molecule has 2 aromatic carbocycles. The number of allylic oxidation sites excluding steroid dienone is 1. The van der Waals surface area contributed by atoms with E-state index in [1.54, 1.807) is 0 Å². The van der Waals surface area contributed by atoms with Crippen molar-refractivity contribution >= 4 is 0 Å². The van der Waals surface area contributed by atoms with Gasteiger partial charge in [-0.05, 0) is 48.9 Å². The summed E-state index contributed by atoms with van der Waals surface area (Å²) in [5.41, 5.74) is 3.49. The van der Waals surface area contributed by atoms with Gasteiger partial charge >= 0.3 is 0 Å². The molecule has 3 heteroatoms. The SMILES string of the molecule is C=CCCCCCCC[C@H]1CO[C@H](c2ccc(-c3ccc(OCCCCCCCC)cc3)cc2)OC1. The van der Waals surface area contributed by atoms with Crippen molar-refractivity contribution in [2.24, 2.45) is 5.92 Å². The molecule has 0 unspecified atom stereocenters. The highest BCUT2D eigenvalue weighted by atomic mass is 16.7. The molecule has 0 radical (unpaired) electrons. The maximum Gasteiger partial charge on any atom is 0.183 e. The Labute approximate surface area is 220 Å². The molecule has 198 valence electrons. The van der Waals surface area contributed by atoms with Gasteiger partial charge in [0.2, 0.25) is 0 Å². The molecule has 0 bridgehead atoms. The highest BCUT2D eigenvalue weighted by Gasteiger charge is 2.23. The Morgan fingerprint density at radius 2 is 1.33 bits per heavy atom. The van der Waals surface area contributed by atoms with E-state index in [1.807, 2.05) is 6.08 Å². The molecular weight excluding hydrogens is 444 g/mol. The fourth-order valence-electron chi connectivity index (χ4n) is 4.80. The number of hydrogen-bond acceptors (Lipinski definition) is 3. The Morgan fingerprint density at radius 3 is 2.00 bits per heavy atom.